The molecule has 130 valence electrons. The number of hydrogen-bond acceptors (Lipinski definition) is 3. The average Bonchev–Trinajstić information content (AvgIpc) is 2.62. The molecule has 0 saturated carbocycles. The lowest BCUT2D eigenvalue weighted by Gasteiger charge is -2.08. The van der Waals surface area contributed by atoms with E-state index in [1.54, 1.807) is 7.11 Å². The van der Waals surface area contributed by atoms with Gasteiger partial charge in [0.15, 0.2) is 0 Å². The van der Waals surface area contributed by atoms with Crippen LogP contribution in [0, 0.1) is 0 Å². The molecule has 0 aliphatic heterocycles. The van der Waals surface area contributed by atoms with E-state index in [0.717, 1.165) is 37.6 Å². The molecule has 3 heteroatoms. The van der Waals surface area contributed by atoms with Crippen molar-refractivity contribution in [1.82, 2.24) is 0 Å². The summed E-state index contributed by atoms with van der Waals surface area (Å²) in [4.78, 5) is 0. The molecule has 2 aromatic rings. The van der Waals surface area contributed by atoms with Crippen molar-refractivity contribution in [3.8, 4) is 22.6 Å². The zero-order valence-electron chi connectivity index (χ0n) is 14.8. The fourth-order valence-electron chi connectivity index (χ4n) is 2.55. The molecular formula is C21H28O3. The van der Waals surface area contributed by atoms with Gasteiger partial charge in [-0.15, -0.1) is 0 Å². The van der Waals surface area contributed by atoms with Crippen LogP contribution in [-0.4, -0.2) is 26.9 Å². The van der Waals surface area contributed by atoms with Gasteiger partial charge >= 0.3 is 0 Å². The molecule has 24 heavy (non-hydrogen) atoms. The minimum absolute atomic E-state index is 0.692. The van der Waals surface area contributed by atoms with Crippen molar-refractivity contribution in [3.63, 3.8) is 0 Å². The van der Waals surface area contributed by atoms with Crippen LogP contribution in [0.2, 0.25) is 0 Å². The zero-order chi connectivity index (χ0) is 17.0. The van der Waals surface area contributed by atoms with Crippen LogP contribution in [-0.2, 0) is 4.74 Å². The van der Waals surface area contributed by atoms with E-state index in [4.69, 9.17) is 14.2 Å². The Bertz CT molecular complexity index is 561. The summed E-state index contributed by atoms with van der Waals surface area (Å²) >= 11 is 0. The van der Waals surface area contributed by atoms with Crippen molar-refractivity contribution >= 4 is 0 Å². The highest BCUT2D eigenvalue weighted by Gasteiger charge is 2.00. The SMILES string of the molecule is CCOc1ccc(-c2ccc(OCCCCCCOC)cc2)cc1. The highest BCUT2D eigenvalue weighted by Crippen LogP contribution is 2.24. The Hall–Kier alpha value is -2.00. The van der Waals surface area contributed by atoms with E-state index >= 15 is 0 Å². The van der Waals surface area contributed by atoms with E-state index in [0.29, 0.717) is 6.61 Å². The first-order valence-electron chi connectivity index (χ1n) is 8.78. The fourth-order valence-corrected chi connectivity index (χ4v) is 2.55. The third-order valence-electron chi connectivity index (χ3n) is 3.86. The Morgan fingerprint density at radius 1 is 0.625 bits per heavy atom. The van der Waals surface area contributed by atoms with E-state index < -0.39 is 0 Å². The monoisotopic (exact) mass is 328 g/mol. The zero-order valence-corrected chi connectivity index (χ0v) is 14.8. The summed E-state index contributed by atoms with van der Waals surface area (Å²) in [5.41, 5.74) is 2.37. The molecular weight excluding hydrogens is 300 g/mol. The Balaban J connectivity index is 1.76. The predicted molar refractivity (Wildman–Crippen MR) is 98.9 cm³/mol. The summed E-state index contributed by atoms with van der Waals surface area (Å²) in [6.45, 7) is 4.31. The number of unbranched alkanes of at least 4 members (excludes halogenated alkanes) is 3. The van der Waals surface area contributed by atoms with Crippen LogP contribution in [0.3, 0.4) is 0 Å². The van der Waals surface area contributed by atoms with Crippen LogP contribution in [0.15, 0.2) is 48.5 Å². The van der Waals surface area contributed by atoms with Crippen molar-refractivity contribution in [2.24, 2.45) is 0 Å². The normalized spacial score (nSPS) is 10.6. The second-order valence-electron chi connectivity index (χ2n) is 5.74. The van der Waals surface area contributed by atoms with E-state index in [1.165, 1.54) is 24.0 Å². The molecule has 0 aliphatic rings. The van der Waals surface area contributed by atoms with Gasteiger partial charge in [0.2, 0.25) is 0 Å². The minimum atomic E-state index is 0.692. The number of benzene rings is 2. The smallest absolute Gasteiger partial charge is 0.119 e. The van der Waals surface area contributed by atoms with Crippen molar-refractivity contribution in [3.05, 3.63) is 48.5 Å². The Morgan fingerprint density at radius 2 is 1.12 bits per heavy atom. The van der Waals surface area contributed by atoms with Gasteiger partial charge in [0, 0.05) is 13.7 Å². The number of hydrogen-bond donors (Lipinski definition) is 0. The standard InChI is InChI=1S/C21H28O3/c1-3-23-20-12-8-18(9-13-20)19-10-14-21(15-11-19)24-17-7-5-4-6-16-22-2/h8-15H,3-7,16-17H2,1-2H3. The molecule has 0 atom stereocenters. The molecule has 0 amide bonds. The molecule has 3 nitrogen and oxygen atoms in total. The highest BCUT2D eigenvalue weighted by atomic mass is 16.5. The second kappa shape index (κ2) is 10.7. The van der Waals surface area contributed by atoms with Gasteiger partial charge in [-0.2, -0.15) is 0 Å². The third kappa shape index (κ3) is 6.25. The lowest BCUT2D eigenvalue weighted by Crippen LogP contribution is -1.97. The minimum Gasteiger partial charge on any atom is -0.494 e. The molecule has 0 spiro atoms. The van der Waals surface area contributed by atoms with Gasteiger partial charge in [-0.1, -0.05) is 30.7 Å². The molecule has 0 saturated heterocycles. The number of rotatable bonds is 11. The van der Waals surface area contributed by atoms with Crippen LogP contribution < -0.4 is 9.47 Å². The van der Waals surface area contributed by atoms with E-state index in [2.05, 4.69) is 24.3 Å². The molecule has 0 unspecified atom stereocenters. The quantitative estimate of drug-likeness (QED) is 0.521. The molecule has 0 radical (unpaired) electrons. The second-order valence-corrected chi connectivity index (χ2v) is 5.74. The maximum Gasteiger partial charge on any atom is 0.119 e. The van der Waals surface area contributed by atoms with E-state index in [1.807, 2.05) is 31.2 Å². The highest BCUT2D eigenvalue weighted by molar-refractivity contribution is 5.64. The van der Waals surface area contributed by atoms with Crippen molar-refractivity contribution in [2.75, 3.05) is 26.9 Å². The fraction of sp³-hybridized carbons (Fsp3) is 0.429. The summed E-state index contributed by atoms with van der Waals surface area (Å²) in [5, 5.41) is 0. The first kappa shape index (κ1) is 18.3. The molecule has 2 aromatic carbocycles. The first-order valence-corrected chi connectivity index (χ1v) is 8.78. The van der Waals surface area contributed by atoms with Crippen LogP contribution in [0.1, 0.15) is 32.6 Å². The Morgan fingerprint density at radius 3 is 1.62 bits per heavy atom. The topological polar surface area (TPSA) is 27.7 Å². The van der Waals surface area contributed by atoms with Gasteiger partial charge in [-0.3, -0.25) is 0 Å². The van der Waals surface area contributed by atoms with Crippen LogP contribution in [0.25, 0.3) is 11.1 Å². The molecule has 0 aromatic heterocycles. The number of methoxy groups -OCH3 is 1. The van der Waals surface area contributed by atoms with Crippen LogP contribution in [0.5, 0.6) is 11.5 Å². The summed E-state index contributed by atoms with van der Waals surface area (Å²) < 4.78 is 16.3. The van der Waals surface area contributed by atoms with Gasteiger partial charge in [0.05, 0.1) is 13.2 Å². The van der Waals surface area contributed by atoms with Gasteiger partial charge in [-0.25, -0.2) is 0 Å². The van der Waals surface area contributed by atoms with Gasteiger partial charge in [0.1, 0.15) is 11.5 Å². The molecule has 0 aliphatic carbocycles. The summed E-state index contributed by atoms with van der Waals surface area (Å²) in [7, 11) is 1.75. The predicted octanol–water partition coefficient (Wildman–Crippen LogP) is 5.34. The van der Waals surface area contributed by atoms with Crippen molar-refractivity contribution in [1.29, 1.82) is 0 Å². The molecule has 2 rings (SSSR count). The maximum absolute atomic E-state index is 5.80. The largest absolute Gasteiger partial charge is 0.494 e. The number of ether oxygens (including phenoxy) is 3. The molecule has 0 fully saturated rings. The van der Waals surface area contributed by atoms with E-state index in [9.17, 15) is 0 Å². The first-order chi connectivity index (χ1) is 11.8. The van der Waals surface area contributed by atoms with Crippen molar-refractivity contribution < 1.29 is 14.2 Å². The lowest BCUT2D eigenvalue weighted by atomic mass is 10.1. The third-order valence-corrected chi connectivity index (χ3v) is 3.86. The molecule has 0 heterocycles. The molecule has 0 N–H and O–H groups in total. The van der Waals surface area contributed by atoms with Crippen LogP contribution >= 0.6 is 0 Å². The van der Waals surface area contributed by atoms with E-state index in [-0.39, 0.29) is 0 Å². The van der Waals surface area contributed by atoms with Gasteiger partial charge in [-0.05, 0) is 61.6 Å². The molecule has 0 bridgehead atoms. The Kier molecular flexibility index (Phi) is 8.19. The summed E-state index contributed by atoms with van der Waals surface area (Å²) in [6, 6.07) is 16.5. The van der Waals surface area contributed by atoms with Crippen LogP contribution in [0.4, 0.5) is 0 Å². The Labute approximate surface area is 145 Å². The van der Waals surface area contributed by atoms with Gasteiger partial charge in [0.25, 0.3) is 0 Å². The lowest BCUT2D eigenvalue weighted by molar-refractivity contribution is 0.191. The summed E-state index contributed by atoms with van der Waals surface area (Å²) in [6.07, 6.45) is 4.61. The van der Waals surface area contributed by atoms with Gasteiger partial charge < -0.3 is 14.2 Å². The average molecular weight is 328 g/mol. The van der Waals surface area contributed by atoms with Crippen molar-refractivity contribution in [2.45, 2.75) is 32.6 Å². The summed E-state index contributed by atoms with van der Waals surface area (Å²) in [5.74, 6) is 1.84. The maximum atomic E-state index is 5.80.